The number of nitrogens with one attached hydrogen (secondary N) is 1. The Balaban J connectivity index is 2.66. The number of aromatic nitrogens is 3. The molecule has 0 aliphatic carbocycles. The summed E-state index contributed by atoms with van der Waals surface area (Å²) in [6.45, 7) is 0.196. The Morgan fingerprint density at radius 1 is 1.50 bits per heavy atom. The maximum atomic E-state index is 8.61. The van der Waals surface area contributed by atoms with E-state index in [1.807, 2.05) is 11.6 Å². The highest BCUT2D eigenvalue weighted by atomic mass is 16.2. The first-order chi connectivity index (χ1) is 5.79. The third-order valence-corrected chi connectivity index (χ3v) is 1.75. The molecule has 0 unspecified atom stereocenters. The molecule has 0 bridgehead atoms. The lowest BCUT2D eigenvalue weighted by atomic mass is 10.3. The highest BCUT2D eigenvalue weighted by Gasteiger charge is 2.05. The van der Waals surface area contributed by atoms with Gasteiger partial charge in [-0.3, -0.25) is 0 Å². The second kappa shape index (κ2) is 4.06. The van der Waals surface area contributed by atoms with Crippen molar-refractivity contribution in [2.75, 3.05) is 19.0 Å². The molecule has 1 aromatic rings. The van der Waals surface area contributed by atoms with Gasteiger partial charge in [0.2, 0.25) is 5.95 Å². The van der Waals surface area contributed by atoms with Crippen molar-refractivity contribution in [2.24, 2.45) is 7.05 Å². The molecule has 0 aromatic carbocycles. The van der Waals surface area contributed by atoms with E-state index >= 15 is 0 Å². The number of aryl methyl sites for hydroxylation is 1. The molecule has 0 spiro atoms. The van der Waals surface area contributed by atoms with Gasteiger partial charge in [-0.15, -0.1) is 10.2 Å². The standard InChI is InChI=1S/C7H14N4O/c1-8-7-10-9-6(11(7)2)4-3-5-12/h12H,3-5H2,1-2H3,(H,8,10). The summed E-state index contributed by atoms with van der Waals surface area (Å²) in [7, 11) is 3.71. The van der Waals surface area contributed by atoms with Crippen molar-refractivity contribution in [1.82, 2.24) is 14.8 Å². The molecular weight excluding hydrogens is 156 g/mol. The first-order valence-corrected chi connectivity index (χ1v) is 3.96. The van der Waals surface area contributed by atoms with Crippen LogP contribution < -0.4 is 5.32 Å². The van der Waals surface area contributed by atoms with Crippen molar-refractivity contribution in [3.05, 3.63) is 5.82 Å². The van der Waals surface area contributed by atoms with Crippen molar-refractivity contribution in [3.8, 4) is 0 Å². The molecule has 0 saturated carbocycles. The van der Waals surface area contributed by atoms with Crippen LogP contribution in [0, 0.1) is 0 Å². The molecule has 12 heavy (non-hydrogen) atoms. The van der Waals surface area contributed by atoms with E-state index in [2.05, 4.69) is 15.5 Å². The van der Waals surface area contributed by atoms with Gasteiger partial charge in [-0.05, 0) is 6.42 Å². The minimum atomic E-state index is 0.196. The van der Waals surface area contributed by atoms with Gasteiger partial charge in [0.25, 0.3) is 0 Å². The number of aliphatic hydroxyl groups excluding tert-OH is 1. The van der Waals surface area contributed by atoms with Crippen molar-refractivity contribution < 1.29 is 5.11 Å². The van der Waals surface area contributed by atoms with E-state index in [0.29, 0.717) is 0 Å². The van der Waals surface area contributed by atoms with Crippen LogP contribution in [-0.4, -0.2) is 33.5 Å². The molecule has 5 heteroatoms. The number of rotatable bonds is 4. The van der Waals surface area contributed by atoms with Gasteiger partial charge in [-0.2, -0.15) is 0 Å². The monoisotopic (exact) mass is 170 g/mol. The zero-order chi connectivity index (χ0) is 8.97. The summed E-state index contributed by atoms with van der Waals surface area (Å²) in [6.07, 6.45) is 1.50. The minimum absolute atomic E-state index is 0.196. The summed E-state index contributed by atoms with van der Waals surface area (Å²) in [5.74, 6) is 1.65. The van der Waals surface area contributed by atoms with Crippen LogP contribution in [0.4, 0.5) is 5.95 Å². The van der Waals surface area contributed by atoms with Crippen LogP contribution in [0.5, 0.6) is 0 Å². The van der Waals surface area contributed by atoms with E-state index in [1.54, 1.807) is 7.05 Å². The van der Waals surface area contributed by atoms with Crippen molar-refractivity contribution in [2.45, 2.75) is 12.8 Å². The molecule has 1 aromatic heterocycles. The van der Waals surface area contributed by atoms with Gasteiger partial charge in [0, 0.05) is 27.1 Å². The van der Waals surface area contributed by atoms with E-state index in [0.717, 1.165) is 24.6 Å². The zero-order valence-electron chi connectivity index (χ0n) is 7.41. The summed E-state index contributed by atoms with van der Waals surface area (Å²) in [6, 6.07) is 0. The second-order valence-electron chi connectivity index (χ2n) is 2.58. The number of hydrogen-bond acceptors (Lipinski definition) is 4. The Hall–Kier alpha value is -1.10. The predicted molar refractivity (Wildman–Crippen MR) is 46.0 cm³/mol. The van der Waals surface area contributed by atoms with Gasteiger partial charge in [-0.1, -0.05) is 0 Å². The van der Waals surface area contributed by atoms with Crippen LogP contribution >= 0.6 is 0 Å². The normalized spacial score (nSPS) is 10.2. The maximum absolute atomic E-state index is 8.61. The highest BCUT2D eigenvalue weighted by Crippen LogP contribution is 2.05. The molecule has 0 fully saturated rings. The fourth-order valence-corrected chi connectivity index (χ4v) is 1.03. The van der Waals surface area contributed by atoms with E-state index < -0.39 is 0 Å². The Labute approximate surface area is 71.4 Å². The third kappa shape index (κ3) is 1.73. The lowest BCUT2D eigenvalue weighted by Gasteiger charge is -2.01. The summed E-state index contributed by atoms with van der Waals surface area (Å²) in [4.78, 5) is 0. The maximum Gasteiger partial charge on any atom is 0.224 e. The molecule has 0 aliphatic heterocycles. The summed E-state index contributed by atoms with van der Waals surface area (Å²) >= 11 is 0. The first kappa shape index (κ1) is 8.99. The number of anilines is 1. The summed E-state index contributed by atoms with van der Waals surface area (Å²) < 4.78 is 1.88. The Kier molecular flexibility index (Phi) is 3.04. The quantitative estimate of drug-likeness (QED) is 0.656. The smallest absolute Gasteiger partial charge is 0.224 e. The predicted octanol–water partition coefficient (Wildman–Crippen LogP) is -0.218. The number of aliphatic hydroxyl groups is 1. The molecule has 2 N–H and O–H groups in total. The molecule has 0 aliphatic rings. The third-order valence-electron chi connectivity index (χ3n) is 1.75. The molecule has 0 atom stereocenters. The van der Waals surface area contributed by atoms with Crippen LogP contribution in [-0.2, 0) is 13.5 Å². The molecule has 0 saturated heterocycles. The Bertz CT molecular complexity index is 246. The van der Waals surface area contributed by atoms with E-state index in [4.69, 9.17) is 5.11 Å². The molecule has 68 valence electrons. The topological polar surface area (TPSA) is 63.0 Å². The van der Waals surface area contributed by atoms with Gasteiger partial charge in [-0.25, -0.2) is 0 Å². The molecule has 1 heterocycles. The van der Waals surface area contributed by atoms with Crippen molar-refractivity contribution >= 4 is 5.95 Å². The van der Waals surface area contributed by atoms with Crippen LogP contribution in [0.25, 0.3) is 0 Å². The van der Waals surface area contributed by atoms with Gasteiger partial charge in [0.15, 0.2) is 0 Å². The van der Waals surface area contributed by atoms with Gasteiger partial charge in [0.05, 0.1) is 0 Å². The van der Waals surface area contributed by atoms with Gasteiger partial charge >= 0.3 is 0 Å². The highest BCUT2D eigenvalue weighted by molar-refractivity contribution is 5.23. The van der Waals surface area contributed by atoms with Gasteiger partial charge < -0.3 is 15.0 Å². The average Bonchev–Trinajstić information content (AvgIpc) is 2.43. The minimum Gasteiger partial charge on any atom is -0.396 e. The van der Waals surface area contributed by atoms with Crippen LogP contribution in [0.1, 0.15) is 12.2 Å². The van der Waals surface area contributed by atoms with Crippen LogP contribution in [0.3, 0.4) is 0 Å². The Morgan fingerprint density at radius 2 is 2.25 bits per heavy atom. The lowest BCUT2D eigenvalue weighted by molar-refractivity contribution is 0.287. The second-order valence-corrected chi connectivity index (χ2v) is 2.58. The molecular formula is C7H14N4O. The number of hydrogen-bond donors (Lipinski definition) is 2. The molecule has 0 amide bonds. The van der Waals surface area contributed by atoms with Crippen molar-refractivity contribution in [3.63, 3.8) is 0 Å². The van der Waals surface area contributed by atoms with E-state index in [9.17, 15) is 0 Å². The molecule has 5 nitrogen and oxygen atoms in total. The summed E-state index contributed by atoms with van der Waals surface area (Å²) in [5, 5.41) is 19.4. The molecule has 1 rings (SSSR count). The van der Waals surface area contributed by atoms with Crippen molar-refractivity contribution in [1.29, 1.82) is 0 Å². The van der Waals surface area contributed by atoms with E-state index in [1.165, 1.54) is 0 Å². The first-order valence-electron chi connectivity index (χ1n) is 3.96. The Morgan fingerprint density at radius 3 is 2.75 bits per heavy atom. The summed E-state index contributed by atoms with van der Waals surface area (Å²) in [5.41, 5.74) is 0. The van der Waals surface area contributed by atoms with Gasteiger partial charge in [0.1, 0.15) is 5.82 Å². The lowest BCUT2D eigenvalue weighted by Crippen LogP contribution is -2.03. The van der Waals surface area contributed by atoms with Crippen LogP contribution in [0.15, 0.2) is 0 Å². The average molecular weight is 170 g/mol. The zero-order valence-corrected chi connectivity index (χ0v) is 7.41. The fraction of sp³-hybridized carbons (Fsp3) is 0.714. The molecule has 0 radical (unpaired) electrons. The number of nitrogens with zero attached hydrogens (tertiary/aromatic N) is 3. The fourth-order valence-electron chi connectivity index (χ4n) is 1.03. The van der Waals surface area contributed by atoms with Crippen LogP contribution in [0.2, 0.25) is 0 Å². The van der Waals surface area contributed by atoms with E-state index in [-0.39, 0.29) is 6.61 Å². The largest absolute Gasteiger partial charge is 0.396 e. The SMILES string of the molecule is CNc1nnc(CCCO)n1C.